The van der Waals surface area contributed by atoms with E-state index in [1.165, 1.54) is 0 Å². The number of ether oxygens (including phenoxy) is 1. The normalized spacial score (nSPS) is 16.0. The minimum absolute atomic E-state index is 0.0688. The van der Waals surface area contributed by atoms with Crippen molar-refractivity contribution < 1.29 is 18.8 Å². The summed E-state index contributed by atoms with van der Waals surface area (Å²) in [6, 6.07) is 16.4. The minimum atomic E-state index is -0.256. The van der Waals surface area contributed by atoms with Gasteiger partial charge in [-0.3, -0.25) is 9.59 Å². The lowest BCUT2D eigenvalue weighted by atomic mass is 9.96. The Balaban J connectivity index is 1.42. The fourth-order valence-electron chi connectivity index (χ4n) is 3.62. The summed E-state index contributed by atoms with van der Waals surface area (Å²) in [5.41, 5.74) is 1.21. The number of anilines is 1. The van der Waals surface area contributed by atoms with E-state index in [9.17, 15) is 9.59 Å². The number of para-hydroxylation sites is 2. The molecule has 1 aliphatic rings. The fraction of sp³-hybridized carbons (Fsp3) is 0.304. The Bertz CT molecular complexity index is 1050. The van der Waals surface area contributed by atoms with Crippen LogP contribution in [0.15, 0.2) is 59.1 Å². The van der Waals surface area contributed by atoms with Gasteiger partial charge >= 0.3 is 0 Å². The van der Waals surface area contributed by atoms with Crippen molar-refractivity contribution in [2.75, 3.05) is 18.4 Å². The average Bonchev–Trinajstić information content (AvgIpc) is 3.23. The number of carbonyl (C=O) groups excluding carboxylic acids is 2. The van der Waals surface area contributed by atoms with Crippen molar-refractivity contribution in [2.24, 2.45) is 5.92 Å². The van der Waals surface area contributed by atoms with E-state index in [2.05, 4.69) is 15.5 Å². The molecule has 8 heteroatoms. The van der Waals surface area contributed by atoms with E-state index in [0.29, 0.717) is 36.1 Å². The first-order chi connectivity index (χ1) is 15.1. The van der Waals surface area contributed by atoms with Crippen LogP contribution in [-0.2, 0) is 11.4 Å². The van der Waals surface area contributed by atoms with Crippen molar-refractivity contribution in [3.63, 3.8) is 0 Å². The predicted octanol–water partition coefficient (Wildman–Crippen LogP) is 3.45. The van der Waals surface area contributed by atoms with Crippen LogP contribution in [0.3, 0.4) is 0 Å². The quantitative estimate of drug-likeness (QED) is 0.656. The summed E-state index contributed by atoms with van der Waals surface area (Å²) in [7, 11) is 0. The largest absolute Gasteiger partial charge is 0.485 e. The standard InChI is InChI=1S/C23H24N4O4/c1-16-24-21(26-31-16)15-30-20-12-6-5-11-19(20)23(29)27-13-7-8-17(14-27)22(28)25-18-9-3-2-4-10-18/h2-6,9-12,17H,7-8,13-15H2,1H3,(H,25,28). The molecule has 1 aromatic heterocycles. The lowest BCUT2D eigenvalue weighted by molar-refractivity contribution is -0.121. The van der Waals surface area contributed by atoms with Gasteiger partial charge in [-0.2, -0.15) is 4.98 Å². The molecule has 1 unspecified atom stereocenters. The molecule has 3 aromatic rings. The van der Waals surface area contributed by atoms with Gasteiger partial charge in [0.1, 0.15) is 5.75 Å². The van der Waals surface area contributed by atoms with Crippen LogP contribution in [0, 0.1) is 12.8 Å². The van der Waals surface area contributed by atoms with Gasteiger partial charge in [0.2, 0.25) is 17.6 Å². The van der Waals surface area contributed by atoms with Gasteiger partial charge in [0.15, 0.2) is 6.61 Å². The molecule has 1 fully saturated rings. The molecule has 4 rings (SSSR count). The van der Waals surface area contributed by atoms with E-state index >= 15 is 0 Å². The van der Waals surface area contributed by atoms with Gasteiger partial charge in [-0.1, -0.05) is 35.5 Å². The Kier molecular flexibility index (Phi) is 6.26. The van der Waals surface area contributed by atoms with Gasteiger partial charge in [-0.25, -0.2) is 0 Å². The van der Waals surface area contributed by atoms with Crippen LogP contribution >= 0.6 is 0 Å². The van der Waals surface area contributed by atoms with Crippen molar-refractivity contribution in [1.29, 1.82) is 0 Å². The van der Waals surface area contributed by atoms with E-state index in [-0.39, 0.29) is 24.3 Å². The number of nitrogens with one attached hydrogen (secondary N) is 1. The second kappa shape index (κ2) is 9.42. The molecule has 0 aliphatic carbocycles. The van der Waals surface area contributed by atoms with Crippen LogP contribution in [-0.4, -0.2) is 39.9 Å². The van der Waals surface area contributed by atoms with Gasteiger partial charge in [0.05, 0.1) is 11.5 Å². The highest BCUT2D eigenvalue weighted by atomic mass is 16.5. The van der Waals surface area contributed by atoms with Crippen molar-refractivity contribution >= 4 is 17.5 Å². The van der Waals surface area contributed by atoms with E-state index in [0.717, 1.165) is 18.5 Å². The second-order valence-electron chi connectivity index (χ2n) is 7.46. The summed E-state index contributed by atoms with van der Waals surface area (Å²) in [6.07, 6.45) is 1.52. The predicted molar refractivity (Wildman–Crippen MR) is 114 cm³/mol. The van der Waals surface area contributed by atoms with Crippen LogP contribution < -0.4 is 10.1 Å². The van der Waals surface area contributed by atoms with Crippen LogP contribution in [0.1, 0.15) is 34.9 Å². The number of aryl methyl sites for hydroxylation is 1. The smallest absolute Gasteiger partial charge is 0.257 e. The highest BCUT2D eigenvalue weighted by molar-refractivity contribution is 5.98. The van der Waals surface area contributed by atoms with Gasteiger partial charge in [0, 0.05) is 25.7 Å². The molecular weight excluding hydrogens is 396 g/mol. The molecular formula is C23H24N4O4. The summed E-state index contributed by atoms with van der Waals surface area (Å²) < 4.78 is 10.7. The fourth-order valence-corrected chi connectivity index (χ4v) is 3.62. The zero-order valence-corrected chi connectivity index (χ0v) is 17.3. The number of amides is 2. The molecule has 8 nitrogen and oxygen atoms in total. The second-order valence-corrected chi connectivity index (χ2v) is 7.46. The topological polar surface area (TPSA) is 97.6 Å². The first-order valence-electron chi connectivity index (χ1n) is 10.3. The molecule has 0 radical (unpaired) electrons. The number of piperidine rings is 1. The van der Waals surface area contributed by atoms with Crippen molar-refractivity contribution in [3.8, 4) is 5.75 Å². The van der Waals surface area contributed by atoms with Crippen molar-refractivity contribution in [3.05, 3.63) is 71.9 Å². The van der Waals surface area contributed by atoms with E-state index in [4.69, 9.17) is 9.26 Å². The molecule has 2 amide bonds. The molecule has 0 bridgehead atoms. The number of hydrogen-bond acceptors (Lipinski definition) is 6. The number of rotatable bonds is 6. The maximum atomic E-state index is 13.2. The first-order valence-corrected chi connectivity index (χ1v) is 10.3. The third kappa shape index (κ3) is 5.09. The Morgan fingerprint density at radius 1 is 1.16 bits per heavy atom. The SMILES string of the molecule is Cc1nc(COc2ccccc2C(=O)N2CCCC(C(=O)Nc3ccccc3)C2)no1. The molecule has 2 aromatic carbocycles. The number of hydrogen-bond donors (Lipinski definition) is 1. The lowest BCUT2D eigenvalue weighted by Crippen LogP contribution is -2.43. The zero-order chi connectivity index (χ0) is 21.6. The Hall–Kier alpha value is -3.68. The molecule has 1 N–H and O–H groups in total. The van der Waals surface area contributed by atoms with Crippen LogP contribution in [0.2, 0.25) is 0 Å². The lowest BCUT2D eigenvalue weighted by Gasteiger charge is -2.32. The summed E-state index contributed by atoms with van der Waals surface area (Å²) in [4.78, 5) is 31.8. The maximum Gasteiger partial charge on any atom is 0.257 e. The molecule has 2 heterocycles. The number of likely N-dealkylation sites (tertiary alicyclic amines) is 1. The molecule has 0 spiro atoms. The first kappa shape index (κ1) is 20.6. The van der Waals surface area contributed by atoms with E-state index < -0.39 is 0 Å². The number of nitrogens with zero attached hydrogens (tertiary/aromatic N) is 3. The molecule has 1 saturated heterocycles. The zero-order valence-electron chi connectivity index (χ0n) is 17.3. The molecule has 0 saturated carbocycles. The average molecular weight is 420 g/mol. The summed E-state index contributed by atoms with van der Waals surface area (Å²) >= 11 is 0. The maximum absolute atomic E-state index is 13.2. The monoisotopic (exact) mass is 420 g/mol. The summed E-state index contributed by atoms with van der Waals surface area (Å²) in [5, 5.41) is 6.75. The number of aromatic nitrogens is 2. The van der Waals surface area contributed by atoms with E-state index in [1.807, 2.05) is 30.3 Å². The highest BCUT2D eigenvalue weighted by Crippen LogP contribution is 2.25. The van der Waals surface area contributed by atoms with Crippen molar-refractivity contribution in [1.82, 2.24) is 15.0 Å². The van der Waals surface area contributed by atoms with Crippen molar-refractivity contribution in [2.45, 2.75) is 26.4 Å². The number of carbonyl (C=O) groups is 2. The van der Waals surface area contributed by atoms with Gasteiger partial charge in [-0.15, -0.1) is 0 Å². The van der Waals surface area contributed by atoms with Crippen LogP contribution in [0.25, 0.3) is 0 Å². The Labute approximate surface area is 180 Å². The van der Waals surface area contributed by atoms with E-state index in [1.54, 1.807) is 36.1 Å². The molecule has 1 atom stereocenters. The van der Waals surface area contributed by atoms with Gasteiger partial charge < -0.3 is 19.5 Å². The third-order valence-corrected chi connectivity index (χ3v) is 5.16. The summed E-state index contributed by atoms with van der Waals surface area (Å²) in [5.74, 6) is 0.836. The number of benzene rings is 2. The molecule has 160 valence electrons. The van der Waals surface area contributed by atoms with Crippen LogP contribution in [0.5, 0.6) is 5.75 Å². The Morgan fingerprint density at radius 2 is 1.94 bits per heavy atom. The minimum Gasteiger partial charge on any atom is -0.485 e. The molecule has 31 heavy (non-hydrogen) atoms. The Morgan fingerprint density at radius 3 is 2.71 bits per heavy atom. The molecule has 1 aliphatic heterocycles. The van der Waals surface area contributed by atoms with Gasteiger partial charge in [-0.05, 0) is 37.1 Å². The third-order valence-electron chi connectivity index (χ3n) is 5.16. The van der Waals surface area contributed by atoms with Gasteiger partial charge in [0.25, 0.3) is 5.91 Å². The van der Waals surface area contributed by atoms with Crippen LogP contribution in [0.4, 0.5) is 5.69 Å². The highest BCUT2D eigenvalue weighted by Gasteiger charge is 2.30. The summed E-state index contributed by atoms with van der Waals surface area (Å²) in [6.45, 7) is 2.78.